The second-order valence-corrected chi connectivity index (χ2v) is 6.68. The molecule has 0 radical (unpaired) electrons. The Hall–Kier alpha value is -3.20. The van der Waals surface area contributed by atoms with Crippen molar-refractivity contribution in [3.8, 4) is 5.75 Å². The van der Waals surface area contributed by atoms with Gasteiger partial charge in [0.05, 0.1) is 18.5 Å². The van der Waals surface area contributed by atoms with Crippen LogP contribution in [0.25, 0.3) is 0 Å². The number of halogens is 1. The van der Waals surface area contributed by atoms with E-state index in [4.69, 9.17) is 9.57 Å². The van der Waals surface area contributed by atoms with Crippen LogP contribution in [0.5, 0.6) is 5.75 Å². The first kappa shape index (κ1) is 20.5. The van der Waals surface area contributed by atoms with E-state index in [0.717, 1.165) is 19.3 Å². The van der Waals surface area contributed by atoms with Crippen LogP contribution >= 0.6 is 0 Å². The monoisotopic (exact) mass is 403 g/mol. The lowest BCUT2D eigenvalue weighted by Gasteiger charge is -2.34. The van der Waals surface area contributed by atoms with E-state index in [9.17, 15) is 14.0 Å². The summed E-state index contributed by atoms with van der Waals surface area (Å²) in [4.78, 5) is 34.5. The first-order valence-electron chi connectivity index (χ1n) is 9.53. The van der Waals surface area contributed by atoms with Gasteiger partial charge in [0.25, 0.3) is 0 Å². The van der Waals surface area contributed by atoms with Gasteiger partial charge in [0.1, 0.15) is 18.9 Å². The molecule has 2 heterocycles. The highest BCUT2D eigenvalue weighted by Gasteiger charge is 2.44. The molecule has 1 saturated heterocycles. The number of anilines is 2. The molecule has 1 fully saturated rings. The number of carbonyl (C=O) groups is 2. The first-order valence-corrected chi connectivity index (χ1v) is 9.53. The van der Waals surface area contributed by atoms with Gasteiger partial charge < -0.3 is 20.2 Å². The SMILES string of the molecule is CCOC(=O)[N+]1(Oc2cc(F)cc(NC(=O)Nc3cccnc3)c2)CCCCC1. The lowest BCUT2D eigenvalue weighted by Crippen LogP contribution is -2.58. The number of aromatic nitrogens is 1. The smallest absolute Gasteiger partial charge is 0.417 e. The number of hydroxylamine groups is 3. The van der Waals surface area contributed by atoms with Crippen molar-refractivity contribution in [3.05, 3.63) is 48.5 Å². The number of urea groups is 1. The highest BCUT2D eigenvalue weighted by molar-refractivity contribution is 5.99. The molecule has 1 aliphatic rings. The Bertz CT molecular complexity index is 857. The molecule has 2 aromatic rings. The second kappa shape index (κ2) is 9.33. The Kier molecular flexibility index (Phi) is 6.61. The van der Waals surface area contributed by atoms with Gasteiger partial charge in [-0.05, 0) is 36.2 Å². The van der Waals surface area contributed by atoms with Gasteiger partial charge in [-0.1, -0.05) is 0 Å². The van der Waals surface area contributed by atoms with Crippen LogP contribution in [-0.4, -0.2) is 41.5 Å². The molecule has 1 aliphatic heterocycles. The zero-order chi connectivity index (χ0) is 20.7. The average Bonchev–Trinajstić information content (AvgIpc) is 2.69. The van der Waals surface area contributed by atoms with Gasteiger partial charge in [0.2, 0.25) is 0 Å². The summed E-state index contributed by atoms with van der Waals surface area (Å²) in [7, 11) is 0. The molecule has 0 unspecified atom stereocenters. The summed E-state index contributed by atoms with van der Waals surface area (Å²) in [5.74, 6) is -0.463. The zero-order valence-corrected chi connectivity index (χ0v) is 16.2. The van der Waals surface area contributed by atoms with Crippen molar-refractivity contribution in [1.29, 1.82) is 0 Å². The maximum absolute atomic E-state index is 14.1. The van der Waals surface area contributed by atoms with E-state index >= 15 is 0 Å². The molecule has 1 aromatic heterocycles. The van der Waals surface area contributed by atoms with Crippen LogP contribution in [0.3, 0.4) is 0 Å². The van der Waals surface area contributed by atoms with Crippen LogP contribution in [0.2, 0.25) is 0 Å². The largest absolute Gasteiger partial charge is 0.559 e. The molecule has 0 atom stereocenters. The molecular weight excluding hydrogens is 379 g/mol. The lowest BCUT2D eigenvalue weighted by atomic mass is 10.1. The number of likely N-dealkylation sites (tertiary alicyclic amines) is 1. The maximum Gasteiger partial charge on any atom is 0.559 e. The normalized spacial score (nSPS) is 15.2. The predicted octanol–water partition coefficient (Wildman–Crippen LogP) is 4.32. The molecule has 9 heteroatoms. The van der Waals surface area contributed by atoms with Crippen molar-refractivity contribution >= 4 is 23.5 Å². The quantitative estimate of drug-likeness (QED) is 0.726. The molecule has 0 aliphatic carbocycles. The number of nitrogens with zero attached hydrogens (tertiary/aromatic N) is 2. The van der Waals surface area contributed by atoms with Crippen molar-refractivity contribution in [2.75, 3.05) is 30.3 Å². The molecule has 0 saturated carbocycles. The van der Waals surface area contributed by atoms with Crippen LogP contribution in [-0.2, 0) is 4.74 Å². The summed E-state index contributed by atoms with van der Waals surface area (Å²) >= 11 is 0. The van der Waals surface area contributed by atoms with E-state index in [1.54, 1.807) is 25.3 Å². The molecule has 3 rings (SSSR count). The predicted molar refractivity (Wildman–Crippen MR) is 105 cm³/mol. The van der Waals surface area contributed by atoms with E-state index in [0.29, 0.717) is 18.8 Å². The van der Waals surface area contributed by atoms with Gasteiger partial charge in [-0.2, -0.15) is 4.79 Å². The van der Waals surface area contributed by atoms with Gasteiger partial charge in [-0.25, -0.2) is 9.18 Å². The third-order valence-electron chi connectivity index (χ3n) is 4.47. The number of rotatable bonds is 5. The molecule has 8 nitrogen and oxygen atoms in total. The molecule has 1 aromatic carbocycles. The van der Waals surface area contributed by atoms with Crippen molar-refractivity contribution < 1.29 is 28.2 Å². The third kappa shape index (κ3) is 5.41. The number of piperidine rings is 1. The Morgan fingerprint density at radius 1 is 1.14 bits per heavy atom. The topological polar surface area (TPSA) is 89.5 Å². The van der Waals surface area contributed by atoms with E-state index in [1.807, 2.05) is 0 Å². The molecule has 154 valence electrons. The fraction of sp³-hybridized carbons (Fsp3) is 0.350. The van der Waals surface area contributed by atoms with Crippen LogP contribution in [0.4, 0.5) is 25.4 Å². The molecule has 2 N–H and O–H groups in total. The number of pyridine rings is 1. The fourth-order valence-electron chi connectivity index (χ4n) is 3.19. The van der Waals surface area contributed by atoms with Crippen LogP contribution in [0, 0.1) is 5.82 Å². The molecule has 0 bridgehead atoms. The van der Waals surface area contributed by atoms with Gasteiger partial charge in [-0.3, -0.25) is 4.98 Å². The van der Waals surface area contributed by atoms with E-state index in [1.165, 1.54) is 24.4 Å². The maximum atomic E-state index is 14.1. The Morgan fingerprint density at radius 3 is 2.59 bits per heavy atom. The van der Waals surface area contributed by atoms with E-state index < -0.39 is 17.9 Å². The zero-order valence-electron chi connectivity index (χ0n) is 16.2. The Labute approximate surface area is 168 Å². The van der Waals surface area contributed by atoms with Gasteiger partial charge >= 0.3 is 12.1 Å². The third-order valence-corrected chi connectivity index (χ3v) is 4.47. The molecule has 3 amide bonds. The van der Waals surface area contributed by atoms with E-state index in [2.05, 4.69) is 15.6 Å². The minimum absolute atomic E-state index is 0.136. The summed E-state index contributed by atoms with van der Waals surface area (Å²) in [6.45, 7) is 2.84. The minimum atomic E-state index is -0.599. The molecule has 29 heavy (non-hydrogen) atoms. The lowest BCUT2D eigenvalue weighted by molar-refractivity contribution is -1.02. The van der Waals surface area contributed by atoms with Crippen LogP contribution in [0.15, 0.2) is 42.7 Å². The van der Waals surface area contributed by atoms with Crippen molar-refractivity contribution in [2.24, 2.45) is 0 Å². The van der Waals surface area contributed by atoms with E-state index in [-0.39, 0.29) is 22.7 Å². The number of hydrogen-bond acceptors (Lipinski definition) is 5. The summed E-state index contributed by atoms with van der Waals surface area (Å²) in [6, 6.07) is 6.62. The van der Waals surface area contributed by atoms with Crippen molar-refractivity contribution in [2.45, 2.75) is 26.2 Å². The average molecular weight is 403 g/mol. The van der Waals surface area contributed by atoms with Crippen molar-refractivity contribution in [3.63, 3.8) is 0 Å². The van der Waals surface area contributed by atoms with Gasteiger partial charge in [-0.15, -0.1) is 0 Å². The summed E-state index contributed by atoms with van der Waals surface area (Å²) < 4.78 is 19.0. The van der Waals surface area contributed by atoms with Crippen LogP contribution < -0.4 is 15.5 Å². The second-order valence-electron chi connectivity index (χ2n) is 6.68. The van der Waals surface area contributed by atoms with Gasteiger partial charge in [0, 0.05) is 36.9 Å². The van der Waals surface area contributed by atoms with Crippen LogP contribution in [0.1, 0.15) is 26.2 Å². The highest BCUT2D eigenvalue weighted by atomic mass is 19.1. The van der Waals surface area contributed by atoms with Gasteiger partial charge in [0.15, 0.2) is 5.75 Å². The Morgan fingerprint density at radius 2 is 1.90 bits per heavy atom. The molecular formula is C20H24FN4O4+. The summed E-state index contributed by atoms with van der Waals surface area (Å²) in [6.07, 6.45) is 5.17. The number of quaternary nitrogens is 1. The minimum Gasteiger partial charge on any atom is -0.417 e. The standard InChI is InChI=1S/C20H23FN4O4/c1-2-28-20(27)25(9-4-3-5-10-25)29-18-12-15(21)11-17(13-18)24-19(26)23-16-7-6-8-22-14-16/h6-8,11-14H,2-5,9-10H2,1H3,(H-,23,24,26)/p+1. The number of amides is 3. The number of benzene rings is 1. The summed E-state index contributed by atoms with van der Waals surface area (Å²) in [5.41, 5.74) is 0.693. The fourth-order valence-corrected chi connectivity index (χ4v) is 3.19. The number of carbonyl (C=O) groups excluding carboxylic acids is 2. The van der Waals surface area contributed by atoms with Crippen molar-refractivity contribution in [1.82, 2.24) is 4.98 Å². The Balaban J connectivity index is 1.75. The number of hydrogen-bond donors (Lipinski definition) is 2. The molecule has 0 spiro atoms. The number of nitrogens with one attached hydrogen (secondary N) is 2. The highest BCUT2D eigenvalue weighted by Crippen LogP contribution is 2.28. The number of ether oxygens (including phenoxy) is 1. The summed E-state index contributed by atoms with van der Waals surface area (Å²) in [5, 5.41) is 5.15. The first-order chi connectivity index (χ1) is 14.0.